The van der Waals surface area contributed by atoms with Gasteiger partial charge < -0.3 is 10.2 Å². The van der Waals surface area contributed by atoms with Gasteiger partial charge in [0.2, 0.25) is 5.91 Å². The van der Waals surface area contributed by atoms with Gasteiger partial charge in [0.05, 0.1) is 0 Å². The molecule has 1 fully saturated rings. The van der Waals surface area contributed by atoms with Gasteiger partial charge in [-0.3, -0.25) is 4.79 Å². The predicted molar refractivity (Wildman–Crippen MR) is 94.8 cm³/mol. The van der Waals surface area contributed by atoms with Gasteiger partial charge in [0.25, 0.3) is 5.82 Å². The highest BCUT2D eigenvalue weighted by atomic mass is 19.4. The molecule has 1 saturated carbocycles. The van der Waals surface area contributed by atoms with E-state index in [1.807, 2.05) is 17.0 Å². The third kappa shape index (κ3) is 3.75. The zero-order valence-electron chi connectivity index (χ0n) is 14.9. The van der Waals surface area contributed by atoms with Crippen LogP contribution in [0.1, 0.15) is 31.2 Å². The number of carbonyl (C=O) groups excluding carboxylic acids is 1. The third-order valence-corrected chi connectivity index (χ3v) is 4.49. The zero-order chi connectivity index (χ0) is 19.9. The average Bonchev–Trinajstić information content (AvgIpc) is 3.38. The number of carbonyl (C=O) groups is 1. The first-order valence-electron chi connectivity index (χ1n) is 8.74. The van der Waals surface area contributed by atoms with Gasteiger partial charge >= 0.3 is 6.18 Å². The van der Waals surface area contributed by atoms with Gasteiger partial charge in [-0.05, 0) is 42.7 Å². The SMILES string of the molecule is CC(=O)N(Cc1ccc(Nc2ccc3nnc(C(F)(F)F)n3n2)cc1)C1CC1. The second-order valence-electron chi connectivity index (χ2n) is 6.71. The number of halogens is 3. The molecule has 0 unspecified atom stereocenters. The topological polar surface area (TPSA) is 75.4 Å². The van der Waals surface area contributed by atoms with E-state index in [-0.39, 0.29) is 17.4 Å². The van der Waals surface area contributed by atoms with Crippen molar-refractivity contribution >= 4 is 23.1 Å². The molecule has 1 amide bonds. The first kappa shape index (κ1) is 18.2. The summed E-state index contributed by atoms with van der Waals surface area (Å²) in [7, 11) is 0. The predicted octanol–water partition coefficient (Wildman–Crippen LogP) is 3.40. The number of aromatic nitrogens is 4. The molecule has 28 heavy (non-hydrogen) atoms. The molecule has 0 bridgehead atoms. The van der Waals surface area contributed by atoms with E-state index in [0.29, 0.717) is 22.8 Å². The molecule has 1 aromatic carbocycles. The number of rotatable bonds is 5. The molecule has 1 N–H and O–H groups in total. The summed E-state index contributed by atoms with van der Waals surface area (Å²) in [4.78, 5) is 13.6. The Morgan fingerprint density at radius 2 is 1.89 bits per heavy atom. The van der Waals surface area contributed by atoms with Crippen LogP contribution in [-0.4, -0.2) is 36.7 Å². The van der Waals surface area contributed by atoms with Gasteiger partial charge in [-0.15, -0.1) is 15.3 Å². The van der Waals surface area contributed by atoms with Crippen molar-refractivity contribution in [3.8, 4) is 0 Å². The van der Waals surface area contributed by atoms with Crippen molar-refractivity contribution in [1.82, 2.24) is 24.7 Å². The van der Waals surface area contributed by atoms with Gasteiger partial charge in [-0.2, -0.15) is 17.7 Å². The molecule has 1 aliphatic rings. The number of amides is 1. The Hall–Kier alpha value is -3.17. The van der Waals surface area contributed by atoms with Crippen LogP contribution in [-0.2, 0) is 17.5 Å². The number of nitrogens with zero attached hydrogens (tertiary/aromatic N) is 5. The lowest BCUT2D eigenvalue weighted by atomic mass is 10.2. The van der Waals surface area contributed by atoms with E-state index >= 15 is 0 Å². The van der Waals surface area contributed by atoms with E-state index in [1.54, 1.807) is 19.1 Å². The van der Waals surface area contributed by atoms with Crippen LogP contribution in [0.15, 0.2) is 36.4 Å². The van der Waals surface area contributed by atoms with Crippen LogP contribution in [0, 0.1) is 0 Å². The molecule has 2 heterocycles. The van der Waals surface area contributed by atoms with Gasteiger partial charge in [0.15, 0.2) is 11.5 Å². The third-order valence-electron chi connectivity index (χ3n) is 4.49. The molecular formula is C18H17F3N6O. The first-order chi connectivity index (χ1) is 13.3. The molecular weight excluding hydrogens is 373 g/mol. The summed E-state index contributed by atoms with van der Waals surface area (Å²) in [5.74, 6) is -0.892. The molecule has 146 valence electrons. The fourth-order valence-corrected chi connectivity index (χ4v) is 2.95. The Morgan fingerprint density at radius 1 is 1.18 bits per heavy atom. The quantitative estimate of drug-likeness (QED) is 0.723. The number of fused-ring (bicyclic) bond motifs is 1. The zero-order valence-corrected chi connectivity index (χ0v) is 14.9. The highest BCUT2D eigenvalue weighted by Gasteiger charge is 2.37. The van der Waals surface area contributed by atoms with E-state index in [1.165, 1.54) is 12.1 Å². The molecule has 10 heteroatoms. The number of alkyl halides is 3. The largest absolute Gasteiger partial charge is 0.453 e. The number of anilines is 2. The number of benzene rings is 1. The molecule has 0 atom stereocenters. The van der Waals surface area contributed by atoms with Crippen molar-refractivity contribution in [1.29, 1.82) is 0 Å². The minimum absolute atomic E-state index is 0.0117. The Labute approximate surface area is 158 Å². The minimum Gasteiger partial charge on any atom is -0.339 e. The Kier molecular flexibility index (Phi) is 4.40. The summed E-state index contributed by atoms with van der Waals surface area (Å²) in [5, 5.41) is 13.5. The standard InChI is InChI=1S/C18H17F3N6O/c1-11(28)26(14-6-7-14)10-12-2-4-13(5-3-12)22-15-8-9-16-23-24-17(18(19,20)21)27(16)25-15/h2-5,8-9,14H,6-7,10H2,1H3,(H,22,25). The van der Waals surface area contributed by atoms with Crippen LogP contribution < -0.4 is 5.32 Å². The van der Waals surface area contributed by atoms with Crippen molar-refractivity contribution in [3.05, 3.63) is 47.8 Å². The number of hydrogen-bond acceptors (Lipinski definition) is 5. The van der Waals surface area contributed by atoms with Crippen molar-refractivity contribution < 1.29 is 18.0 Å². The molecule has 0 saturated heterocycles. The monoisotopic (exact) mass is 390 g/mol. The highest BCUT2D eigenvalue weighted by molar-refractivity contribution is 5.74. The molecule has 2 aromatic heterocycles. The van der Waals surface area contributed by atoms with Crippen molar-refractivity contribution in [3.63, 3.8) is 0 Å². The smallest absolute Gasteiger partial charge is 0.339 e. The summed E-state index contributed by atoms with van der Waals surface area (Å²) < 4.78 is 39.6. The van der Waals surface area contributed by atoms with Crippen LogP contribution in [0.4, 0.5) is 24.7 Å². The van der Waals surface area contributed by atoms with Crippen LogP contribution in [0.2, 0.25) is 0 Å². The minimum atomic E-state index is -4.64. The van der Waals surface area contributed by atoms with E-state index in [4.69, 9.17) is 0 Å². The normalized spacial score (nSPS) is 14.3. The lowest BCUT2D eigenvalue weighted by Gasteiger charge is -2.20. The first-order valence-corrected chi connectivity index (χ1v) is 8.74. The molecule has 0 spiro atoms. The average molecular weight is 390 g/mol. The maximum absolute atomic E-state index is 13.0. The van der Waals surface area contributed by atoms with Crippen LogP contribution in [0.3, 0.4) is 0 Å². The number of nitrogens with one attached hydrogen (secondary N) is 1. The summed E-state index contributed by atoms with van der Waals surface area (Å²) in [6.07, 6.45) is -2.57. The van der Waals surface area contributed by atoms with Crippen LogP contribution >= 0.6 is 0 Å². The van der Waals surface area contributed by atoms with E-state index < -0.39 is 12.0 Å². The maximum Gasteiger partial charge on any atom is 0.453 e. The lowest BCUT2D eigenvalue weighted by Crippen LogP contribution is -2.30. The van der Waals surface area contributed by atoms with Gasteiger partial charge in [0, 0.05) is 25.2 Å². The van der Waals surface area contributed by atoms with E-state index in [2.05, 4.69) is 20.6 Å². The van der Waals surface area contributed by atoms with Crippen LogP contribution in [0.25, 0.3) is 5.65 Å². The second-order valence-corrected chi connectivity index (χ2v) is 6.71. The summed E-state index contributed by atoms with van der Waals surface area (Å²) in [6.45, 7) is 2.11. The molecule has 3 aromatic rings. The Morgan fingerprint density at radius 3 is 2.50 bits per heavy atom. The fraction of sp³-hybridized carbons (Fsp3) is 0.333. The molecule has 0 radical (unpaired) electrons. The number of hydrogen-bond donors (Lipinski definition) is 1. The highest BCUT2D eigenvalue weighted by Crippen LogP contribution is 2.29. The van der Waals surface area contributed by atoms with E-state index in [0.717, 1.165) is 18.4 Å². The fourth-order valence-electron chi connectivity index (χ4n) is 2.95. The summed E-state index contributed by atoms with van der Waals surface area (Å²) in [6, 6.07) is 10.6. The van der Waals surface area contributed by atoms with Gasteiger partial charge in [-0.1, -0.05) is 12.1 Å². The molecule has 7 nitrogen and oxygen atoms in total. The second kappa shape index (κ2) is 6.77. The van der Waals surface area contributed by atoms with E-state index in [9.17, 15) is 18.0 Å². The Bertz CT molecular complexity index is 1010. The van der Waals surface area contributed by atoms with Crippen molar-refractivity contribution in [2.75, 3.05) is 5.32 Å². The van der Waals surface area contributed by atoms with Gasteiger partial charge in [-0.25, -0.2) is 0 Å². The van der Waals surface area contributed by atoms with Gasteiger partial charge in [0.1, 0.15) is 0 Å². The maximum atomic E-state index is 13.0. The Balaban J connectivity index is 1.50. The van der Waals surface area contributed by atoms with Crippen molar-refractivity contribution in [2.45, 2.75) is 38.5 Å². The van der Waals surface area contributed by atoms with Crippen molar-refractivity contribution in [2.24, 2.45) is 0 Å². The van der Waals surface area contributed by atoms with Crippen LogP contribution in [0.5, 0.6) is 0 Å². The summed E-state index contributed by atoms with van der Waals surface area (Å²) >= 11 is 0. The molecule has 0 aliphatic heterocycles. The summed E-state index contributed by atoms with van der Waals surface area (Å²) in [5.41, 5.74) is 1.66. The molecule has 4 rings (SSSR count). The lowest BCUT2D eigenvalue weighted by molar-refractivity contribution is -0.146. The molecule has 1 aliphatic carbocycles.